The number of anilines is 1. The molecule has 4 rings (SSSR count). The van der Waals surface area contributed by atoms with Crippen molar-refractivity contribution in [2.75, 3.05) is 58.4 Å². The van der Waals surface area contributed by atoms with Crippen LogP contribution in [0.25, 0.3) is 0 Å². The number of carbonyl (C=O) groups excluding carboxylic acids is 2. The number of aromatic nitrogens is 1. The maximum atomic E-state index is 13.7. The van der Waals surface area contributed by atoms with Gasteiger partial charge in [0.1, 0.15) is 26.4 Å². The Bertz CT molecular complexity index is 1050. The molecule has 12 heteroatoms. The van der Waals surface area contributed by atoms with Gasteiger partial charge in [0.05, 0.1) is 19.9 Å². The normalized spacial score (nSPS) is 17.9. The number of piperazine rings is 1. The third-order valence-corrected chi connectivity index (χ3v) is 7.94. The Hall–Kier alpha value is -2.27. The second-order valence-electron chi connectivity index (χ2n) is 8.22. The fourth-order valence-corrected chi connectivity index (χ4v) is 5.42. The van der Waals surface area contributed by atoms with Crippen LogP contribution in [-0.4, -0.2) is 80.1 Å². The molecule has 0 bridgehead atoms. The summed E-state index contributed by atoms with van der Waals surface area (Å²) >= 11 is 13.1. The molecule has 2 N–H and O–H groups in total. The van der Waals surface area contributed by atoms with E-state index in [0.717, 1.165) is 28.7 Å². The van der Waals surface area contributed by atoms with Crippen molar-refractivity contribution in [2.45, 2.75) is 18.4 Å². The Labute approximate surface area is 212 Å². The van der Waals surface area contributed by atoms with Crippen LogP contribution in [0.15, 0.2) is 18.2 Å². The molecule has 3 heterocycles. The first-order valence-electron chi connectivity index (χ1n) is 11.0. The van der Waals surface area contributed by atoms with Crippen LogP contribution in [-0.2, 0) is 4.79 Å². The molecule has 184 valence electrons. The molecular weight excluding hydrogens is 501 g/mol. The zero-order valence-electron chi connectivity index (χ0n) is 19.0. The van der Waals surface area contributed by atoms with Crippen molar-refractivity contribution in [3.63, 3.8) is 0 Å². The highest BCUT2D eigenvalue weighted by atomic mass is 35.5. The highest BCUT2D eigenvalue weighted by Crippen LogP contribution is 2.34. The molecule has 9 nitrogen and oxygen atoms in total. The van der Waals surface area contributed by atoms with Gasteiger partial charge in [-0.25, -0.2) is 0 Å². The van der Waals surface area contributed by atoms with Gasteiger partial charge >= 0.3 is 0 Å². The van der Waals surface area contributed by atoms with E-state index < -0.39 is 11.4 Å². The average Bonchev–Trinajstić information content (AvgIpc) is 3.21. The molecule has 2 aliphatic heterocycles. The summed E-state index contributed by atoms with van der Waals surface area (Å²) < 4.78 is 15.1. The first-order chi connectivity index (χ1) is 16.4. The minimum atomic E-state index is -1.01. The summed E-state index contributed by atoms with van der Waals surface area (Å²) in [6.45, 7) is 3.60. The summed E-state index contributed by atoms with van der Waals surface area (Å²) in [5.41, 5.74) is -0.00372. The van der Waals surface area contributed by atoms with E-state index in [4.69, 9.17) is 32.7 Å². The van der Waals surface area contributed by atoms with Crippen LogP contribution in [0.4, 0.5) is 5.69 Å². The zero-order valence-corrected chi connectivity index (χ0v) is 21.4. The molecule has 2 saturated heterocycles. The SMILES string of the molecule is COc1ccc(N2CCN(C(=O)C3(NC(=O)c4nsc(Cl)c4Cl)CCNCC3)CC2)c(OC)c1. The molecule has 2 aliphatic rings. The third-order valence-electron chi connectivity index (χ3n) is 6.33. The van der Waals surface area contributed by atoms with E-state index >= 15 is 0 Å². The van der Waals surface area contributed by atoms with E-state index in [1.54, 1.807) is 14.2 Å². The molecular formula is C22H27Cl2N5O4S. The van der Waals surface area contributed by atoms with E-state index in [-0.39, 0.29) is 21.0 Å². The maximum absolute atomic E-state index is 13.7. The van der Waals surface area contributed by atoms with Gasteiger partial charge in [0.25, 0.3) is 5.91 Å². The van der Waals surface area contributed by atoms with Crippen molar-refractivity contribution in [3.8, 4) is 11.5 Å². The number of benzene rings is 1. The van der Waals surface area contributed by atoms with Crippen LogP contribution in [0.5, 0.6) is 11.5 Å². The average molecular weight is 528 g/mol. The second-order valence-corrected chi connectivity index (χ2v) is 9.98. The lowest BCUT2D eigenvalue weighted by Gasteiger charge is -2.43. The lowest BCUT2D eigenvalue weighted by molar-refractivity contribution is -0.139. The van der Waals surface area contributed by atoms with Crippen LogP contribution in [0.1, 0.15) is 23.3 Å². The summed E-state index contributed by atoms with van der Waals surface area (Å²) in [5.74, 6) is 0.880. The van der Waals surface area contributed by atoms with Crippen LogP contribution in [0.3, 0.4) is 0 Å². The quantitative estimate of drug-likeness (QED) is 0.596. The number of hydrogen-bond donors (Lipinski definition) is 2. The molecule has 0 aliphatic carbocycles. The molecule has 0 spiro atoms. The van der Waals surface area contributed by atoms with Gasteiger partial charge in [-0.15, -0.1) is 0 Å². The second kappa shape index (κ2) is 10.6. The van der Waals surface area contributed by atoms with E-state index in [9.17, 15) is 9.59 Å². The molecule has 34 heavy (non-hydrogen) atoms. The van der Waals surface area contributed by atoms with Gasteiger partial charge in [-0.05, 0) is 49.6 Å². The zero-order chi connectivity index (χ0) is 24.3. The lowest BCUT2D eigenvalue weighted by Crippen LogP contribution is -2.65. The standard InChI is InChI=1S/C22H27Cl2N5O4S/c1-32-14-3-4-15(16(13-14)33-2)28-9-11-29(12-10-28)21(31)22(5-7-25-8-6-22)26-20(30)18-17(23)19(24)34-27-18/h3-4,13,25H,5-12H2,1-2H3,(H,26,30). The molecule has 0 atom stereocenters. The number of methoxy groups -OCH3 is 2. The minimum absolute atomic E-state index is 0.0544. The van der Waals surface area contributed by atoms with E-state index in [2.05, 4.69) is 19.9 Å². The van der Waals surface area contributed by atoms with Crippen molar-refractivity contribution in [2.24, 2.45) is 0 Å². The Kier molecular flexibility index (Phi) is 7.71. The molecule has 0 unspecified atom stereocenters. The Morgan fingerprint density at radius 1 is 1.12 bits per heavy atom. The first kappa shape index (κ1) is 24.8. The Balaban J connectivity index is 1.47. The highest BCUT2D eigenvalue weighted by molar-refractivity contribution is 7.11. The molecule has 0 saturated carbocycles. The highest BCUT2D eigenvalue weighted by Gasteiger charge is 2.44. The smallest absolute Gasteiger partial charge is 0.273 e. The number of carbonyl (C=O) groups is 2. The van der Waals surface area contributed by atoms with Crippen LogP contribution >= 0.6 is 34.7 Å². The van der Waals surface area contributed by atoms with Crippen molar-refractivity contribution in [1.29, 1.82) is 0 Å². The van der Waals surface area contributed by atoms with Crippen LogP contribution in [0.2, 0.25) is 9.36 Å². The van der Waals surface area contributed by atoms with E-state index in [1.165, 1.54) is 0 Å². The maximum Gasteiger partial charge on any atom is 0.273 e. The predicted octanol–water partition coefficient (Wildman–Crippen LogP) is 2.67. The number of halogens is 2. The Morgan fingerprint density at radius 2 is 1.82 bits per heavy atom. The first-order valence-corrected chi connectivity index (χ1v) is 12.5. The van der Waals surface area contributed by atoms with Gasteiger partial charge < -0.3 is 29.9 Å². The number of nitrogens with one attached hydrogen (secondary N) is 2. The third kappa shape index (κ3) is 4.91. The van der Waals surface area contributed by atoms with Gasteiger partial charge in [-0.3, -0.25) is 9.59 Å². The molecule has 2 aromatic rings. The lowest BCUT2D eigenvalue weighted by atomic mass is 9.86. The molecule has 2 amide bonds. The summed E-state index contributed by atoms with van der Waals surface area (Å²) in [7, 11) is 3.24. The summed E-state index contributed by atoms with van der Waals surface area (Å²) in [4.78, 5) is 30.7. The molecule has 1 aromatic carbocycles. The van der Waals surface area contributed by atoms with Crippen LogP contribution < -0.4 is 25.0 Å². The number of nitrogens with zero attached hydrogens (tertiary/aromatic N) is 3. The largest absolute Gasteiger partial charge is 0.497 e. The number of rotatable bonds is 6. The topological polar surface area (TPSA) is 96.0 Å². The van der Waals surface area contributed by atoms with Crippen molar-refractivity contribution >= 4 is 52.2 Å². The number of ether oxygens (including phenoxy) is 2. The predicted molar refractivity (Wildman–Crippen MR) is 133 cm³/mol. The molecule has 0 radical (unpaired) electrons. The monoisotopic (exact) mass is 527 g/mol. The van der Waals surface area contributed by atoms with Crippen molar-refractivity contribution in [3.05, 3.63) is 33.3 Å². The number of amides is 2. The minimum Gasteiger partial charge on any atom is -0.497 e. The molecule has 1 aromatic heterocycles. The number of hydrogen-bond acceptors (Lipinski definition) is 8. The van der Waals surface area contributed by atoms with Gasteiger partial charge in [-0.2, -0.15) is 4.37 Å². The summed E-state index contributed by atoms with van der Waals surface area (Å²) in [6.07, 6.45) is 0.971. The number of piperidine rings is 1. The summed E-state index contributed by atoms with van der Waals surface area (Å²) in [6, 6.07) is 5.71. The van der Waals surface area contributed by atoms with Gasteiger partial charge in [0, 0.05) is 32.2 Å². The van der Waals surface area contributed by atoms with Gasteiger partial charge in [0.15, 0.2) is 5.69 Å². The van der Waals surface area contributed by atoms with Crippen molar-refractivity contribution < 1.29 is 19.1 Å². The fourth-order valence-electron chi connectivity index (χ4n) is 4.42. The van der Waals surface area contributed by atoms with Gasteiger partial charge in [0.2, 0.25) is 5.91 Å². The molecule has 2 fully saturated rings. The van der Waals surface area contributed by atoms with Crippen LogP contribution in [0, 0.1) is 0 Å². The fraction of sp³-hybridized carbons (Fsp3) is 0.500. The van der Waals surface area contributed by atoms with E-state index in [1.807, 2.05) is 23.1 Å². The Morgan fingerprint density at radius 3 is 2.41 bits per heavy atom. The van der Waals surface area contributed by atoms with Gasteiger partial charge in [-0.1, -0.05) is 23.2 Å². The van der Waals surface area contributed by atoms with E-state index in [0.29, 0.717) is 52.1 Å². The van der Waals surface area contributed by atoms with Crippen molar-refractivity contribution in [1.82, 2.24) is 19.9 Å². The summed E-state index contributed by atoms with van der Waals surface area (Å²) in [5, 5.41) is 6.33.